The molecule has 1 aliphatic carbocycles. The average Bonchev–Trinajstić information content (AvgIpc) is 3.15. The van der Waals surface area contributed by atoms with Crippen LogP contribution in [0.15, 0.2) is 54.6 Å². The van der Waals surface area contributed by atoms with Crippen molar-refractivity contribution in [1.82, 2.24) is 0 Å². The number of carbonyl (C=O) groups is 1. The number of ether oxygens (including phenoxy) is 4. The number of para-hydroxylation sites is 1. The lowest BCUT2D eigenvalue weighted by molar-refractivity contribution is -0.193. The minimum absolute atomic E-state index is 0.131. The van der Waals surface area contributed by atoms with Crippen molar-refractivity contribution in [3.8, 4) is 5.75 Å². The number of carbonyl (C=O) groups excluding carboxylic acids is 1. The number of allylic oxidation sites excluding steroid dienone is 2. The highest BCUT2D eigenvalue weighted by atomic mass is 19.3. The third kappa shape index (κ3) is 7.12. The number of benzene rings is 1. The molecule has 1 unspecified atom stereocenters. The fourth-order valence-corrected chi connectivity index (χ4v) is 4.91. The molecule has 5 atom stereocenters. The normalized spacial score (nSPS) is 30.6. The number of rotatable bonds is 7. The Morgan fingerprint density at radius 3 is 2.76 bits per heavy atom. The van der Waals surface area contributed by atoms with Gasteiger partial charge in [0.25, 0.3) is 5.92 Å². The summed E-state index contributed by atoms with van der Waals surface area (Å²) in [5.41, 5.74) is 0. The molecule has 1 saturated heterocycles. The Balaban J connectivity index is 1.49. The first-order valence-electron chi connectivity index (χ1n) is 12.4. The van der Waals surface area contributed by atoms with Crippen molar-refractivity contribution < 1.29 is 32.5 Å². The van der Waals surface area contributed by atoms with Gasteiger partial charge in [0.2, 0.25) is 0 Å². The topological polar surface area (TPSA) is 54.0 Å². The molecule has 3 aliphatic rings. The molecule has 1 aromatic rings. The average molecular weight is 477 g/mol. The van der Waals surface area contributed by atoms with Crippen LogP contribution in [-0.2, 0) is 19.0 Å². The monoisotopic (exact) mass is 476 g/mol. The zero-order valence-electron chi connectivity index (χ0n) is 19.5. The smallest absolute Gasteiger partial charge is 0.306 e. The molecule has 2 fully saturated rings. The van der Waals surface area contributed by atoms with E-state index in [4.69, 9.17) is 18.9 Å². The highest BCUT2D eigenvalue weighted by molar-refractivity contribution is 5.69. The molecule has 7 heteroatoms. The second-order valence-electron chi connectivity index (χ2n) is 9.30. The highest BCUT2D eigenvalue weighted by Crippen LogP contribution is 2.42. The van der Waals surface area contributed by atoms with Crippen LogP contribution in [0.4, 0.5) is 8.78 Å². The molecule has 0 amide bonds. The van der Waals surface area contributed by atoms with Crippen molar-refractivity contribution in [3.05, 3.63) is 54.6 Å². The summed E-state index contributed by atoms with van der Waals surface area (Å²) in [5.74, 6) is -3.44. The van der Waals surface area contributed by atoms with Gasteiger partial charge >= 0.3 is 5.97 Å². The summed E-state index contributed by atoms with van der Waals surface area (Å²) in [7, 11) is 0. The van der Waals surface area contributed by atoms with Crippen LogP contribution in [0.3, 0.4) is 0 Å². The summed E-state index contributed by atoms with van der Waals surface area (Å²) in [6.07, 6.45) is 11.4. The van der Waals surface area contributed by atoms with E-state index in [0.717, 1.165) is 38.2 Å². The van der Waals surface area contributed by atoms with Crippen molar-refractivity contribution in [1.29, 1.82) is 0 Å². The molecule has 1 aromatic carbocycles. The molecule has 1 saturated carbocycles. The molecule has 4 rings (SSSR count). The van der Waals surface area contributed by atoms with Crippen LogP contribution in [0.5, 0.6) is 5.75 Å². The van der Waals surface area contributed by atoms with Crippen molar-refractivity contribution in [2.45, 2.75) is 75.8 Å². The minimum Gasteiger partial charge on any atom is -0.487 e. The molecule has 0 spiro atoms. The Bertz CT molecular complexity index is 835. The summed E-state index contributed by atoms with van der Waals surface area (Å²) in [6.45, 7) is -0.113. The first-order valence-corrected chi connectivity index (χ1v) is 12.4. The molecule has 0 aromatic heterocycles. The fourth-order valence-electron chi connectivity index (χ4n) is 4.91. The zero-order chi connectivity index (χ0) is 23.8. The number of esters is 1. The largest absolute Gasteiger partial charge is 0.487 e. The number of alkyl halides is 2. The third-order valence-electron chi connectivity index (χ3n) is 6.68. The standard InChI is InChI=1S/C27H34F2O5/c28-27(29,19-32-20-10-4-3-5-11-20)16-15-22-21-12-6-1-2-7-13-25(30)33-23(21)18-24(22)34-26-14-8-9-17-31-26/h1,3-6,10-11,15-16,21-24,26H,2,7-9,12-14,17-19H2/b6-1?,16-15-/t21-,22-,23+,24-,26?/m1/s1. The van der Waals surface area contributed by atoms with Gasteiger partial charge in [-0.05, 0) is 56.7 Å². The summed E-state index contributed by atoms with van der Waals surface area (Å²) in [6, 6.07) is 8.58. The second-order valence-corrected chi connectivity index (χ2v) is 9.30. The van der Waals surface area contributed by atoms with Crippen molar-refractivity contribution in [3.63, 3.8) is 0 Å². The van der Waals surface area contributed by atoms with Gasteiger partial charge in [-0.15, -0.1) is 0 Å². The van der Waals surface area contributed by atoms with Crippen LogP contribution >= 0.6 is 0 Å². The Morgan fingerprint density at radius 2 is 1.97 bits per heavy atom. The molecule has 0 N–H and O–H groups in total. The maximum Gasteiger partial charge on any atom is 0.306 e. The lowest BCUT2D eigenvalue weighted by atomic mass is 9.89. The van der Waals surface area contributed by atoms with E-state index in [1.54, 1.807) is 36.4 Å². The summed E-state index contributed by atoms with van der Waals surface area (Å²) >= 11 is 0. The molecule has 0 bridgehead atoms. The number of halogens is 2. The second kappa shape index (κ2) is 11.9. The van der Waals surface area contributed by atoms with E-state index in [2.05, 4.69) is 12.2 Å². The van der Waals surface area contributed by atoms with Crippen molar-refractivity contribution in [2.75, 3.05) is 13.2 Å². The van der Waals surface area contributed by atoms with Gasteiger partial charge in [-0.2, -0.15) is 8.78 Å². The Hall–Kier alpha value is -2.25. The maximum atomic E-state index is 14.7. The van der Waals surface area contributed by atoms with Crippen LogP contribution in [-0.4, -0.2) is 43.6 Å². The van der Waals surface area contributed by atoms with Crippen LogP contribution in [0, 0.1) is 11.8 Å². The third-order valence-corrected chi connectivity index (χ3v) is 6.68. The van der Waals surface area contributed by atoms with Gasteiger partial charge in [0.15, 0.2) is 12.9 Å². The van der Waals surface area contributed by atoms with E-state index in [-0.39, 0.29) is 36.3 Å². The predicted molar refractivity (Wildman–Crippen MR) is 124 cm³/mol. The molecule has 0 radical (unpaired) electrons. The van der Waals surface area contributed by atoms with E-state index in [1.807, 2.05) is 0 Å². The van der Waals surface area contributed by atoms with E-state index in [0.29, 0.717) is 31.6 Å². The predicted octanol–water partition coefficient (Wildman–Crippen LogP) is 5.85. The lowest BCUT2D eigenvalue weighted by Crippen LogP contribution is -2.31. The first kappa shape index (κ1) is 24.9. The maximum absolute atomic E-state index is 14.7. The van der Waals surface area contributed by atoms with Crippen molar-refractivity contribution >= 4 is 5.97 Å². The fraction of sp³-hybridized carbons (Fsp3) is 0.593. The lowest BCUT2D eigenvalue weighted by Gasteiger charge is -2.29. The summed E-state index contributed by atoms with van der Waals surface area (Å²) in [5, 5.41) is 0. The van der Waals surface area contributed by atoms with Crippen LogP contribution < -0.4 is 4.74 Å². The summed E-state index contributed by atoms with van der Waals surface area (Å²) in [4.78, 5) is 12.3. The van der Waals surface area contributed by atoms with E-state index in [9.17, 15) is 13.6 Å². The van der Waals surface area contributed by atoms with Crippen LogP contribution in [0.1, 0.15) is 51.4 Å². The number of fused-ring (bicyclic) bond motifs is 1. The van der Waals surface area contributed by atoms with Gasteiger partial charge in [0, 0.05) is 31.3 Å². The van der Waals surface area contributed by atoms with Gasteiger partial charge < -0.3 is 18.9 Å². The van der Waals surface area contributed by atoms with E-state index in [1.165, 1.54) is 0 Å². The first-order chi connectivity index (χ1) is 16.5. The quantitative estimate of drug-likeness (QED) is 0.365. The molecule has 2 heterocycles. The van der Waals surface area contributed by atoms with Gasteiger partial charge in [0.05, 0.1) is 6.10 Å². The van der Waals surface area contributed by atoms with Crippen molar-refractivity contribution in [2.24, 2.45) is 11.8 Å². The molecule has 186 valence electrons. The zero-order valence-corrected chi connectivity index (χ0v) is 19.5. The Kier molecular flexibility index (Phi) is 8.73. The Labute approximate surface area is 200 Å². The Morgan fingerprint density at radius 1 is 1.12 bits per heavy atom. The van der Waals surface area contributed by atoms with E-state index < -0.39 is 12.5 Å². The molecule has 34 heavy (non-hydrogen) atoms. The van der Waals surface area contributed by atoms with Crippen LogP contribution in [0.25, 0.3) is 0 Å². The number of hydrogen-bond acceptors (Lipinski definition) is 5. The molecule has 5 nitrogen and oxygen atoms in total. The van der Waals surface area contributed by atoms with Gasteiger partial charge in [-0.1, -0.05) is 36.4 Å². The number of hydrogen-bond donors (Lipinski definition) is 0. The molecular formula is C27H34F2O5. The SMILES string of the molecule is O=C1CCCC=CC[C@@H]2[C@@H](/C=C\C(F)(F)COc3ccccc3)[C@H](OC3CCCCO3)C[C@@H]2O1. The van der Waals surface area contributed by atoms with Gasteiger partial charge in [-0.25, -0.2) is 0 Å². The molecular weight excluding hydrogens is 442 g/mol. The minimum atomic E-state index is -3.15. The van der Waals surface area contributed by atoms with Gasteiger partial charge in [0.1, 0.15) is 11.9 Å². The highest BCUT2D eigenvalue weighted by Gasteiger charge is 2.46. The summed E-state index contributed by atoms with van der Waals surface area (Å²) < 4.78 is 52.5. The van der Waals surface area contributed by atoms with Gasteiger partial charge in [-0.3, -0.25) is 4.79 Å². The van der Waals surface area contributed by atoms with Crippen LogP contribution in [0.2, 0.25) is 0 Å². The van der Waals surface area contributed by atoms with E-state index >= 15 is 0 Å². The molecule has 2 aliphatic heterocycles.